The zero-order valence-electron chi connectivity index (χ0n) is 11.9. The highest BCUT2D eigenvalue weighted by Gasteiger charge is 2.14. The van der Waals surface area contributed by atoms with Crippen LogP contribution >= 0.6 is 0 Å². The smallest absolute Gasteiger partial charge is 0.270 e. The predicted octanol–water partition coefficient (Wildman–Crippen LogP) is 2.06. The Bertz CT molecular complexity index is 390. The fourth-order valence-corrected chi connectivity index (χ4v) is 1.87. The molecule has 0 aliphatic rings. The van der Waals surface area contributed by atoms with Gasteiger partial charge in [-0.15, -0.1) is 0 Å². The van der Waals surface area contributed by atoms with Crippen molar-refractivity contribution in [2.75, 3.05) is 25.6 Å². The van der Waals surface area contributed by atoms with Crippen LogP contribution < -0.4 is 10.6 Å². The fourth-order valence-electron chi connectivity index (χ4n) is 1.87. The Labute approximate surface area is 114 Å². The molecule has 1 rings (SSSR count). The average Bonchev–Trinajstić information content (AvgIpc) is 2.40. The highest BCUT2D eigenvalue weighted by atomic mass is 16.5. The molecule has 0 radical (unpaired) electrons. The first-order valence-corrected chi connectivity index (χ1v) is 6.71. The lowest BCUT2D eigenvalue weighted by molar-refractivity contribution is 0.0886. The normalized spacial score (nSPS) is 11.9. The molecule has 1 unspecified atom stereocenters. The van der Waals surface area contributed by atoms with Crippen LogP contribution in [0.2, 0.25) is 0 Å². The summed E-state index contributed by atoms with van der Waals surface area (Å²) >= 11 is 0. The van der Waals surface area contributed by atoms with Crippen LogP contribution in [0.4, 0.5) is 5.69 Å². The maximum absolute atomic E-state index is 12.1. The van der Waals surface area contributed by atoms with Gasteiger partial charge in [-0.05, 0) is 25.5 Å². The lowest BCUT2D eigenvalue weighted by atomic mass is 10.1. The van der Waals surface area contributed by atoms with Crippen LogP contribution in [-0.4, -0.2) is 37.2 Å². The van der Waals surface area contributed by atoms with Gasteiger partial charge in [0.25, 0.3) is 5.91 Å². The zero-order valence-corrected chi connectivity index (χ0v) is 11.9. The second kappa shape index (κ2) is 8.48. The summed E-state index contributed by atoms with van der Waals surface area (Å²) in [6.45, 7) is 5.43. The maximum atomic E-state index is 12.1. The van der Waals surface area contributed by atoms with Crippen molar-refractivity contribution < 1.29 is 9.53 Å². The van der Waals surface area contributed by atoms with Crippen LogP contribution in [0.25, 0.3) is 0 Å². The van der Waals surface area contributed by atoms with Gasteiger partial charge in [-0.1, -0.05) is 13.3 Å². The van der Waals surface area contributed by atoms with E-state index < -0.39 is 0 Å². The lowest BCUT2D eigenvalue weighted by Gasteiger charge is -2.17. The lowest BCUT2D eigenvalue weighted by Crippen LogP contribution is -2.38. The Morgan fingerprint density at radius 2 is 2.26 bits per heavy atom. The van der Waals surface area contributed by atoms with E-state index in [1.165, 1.54) is 0 Å². The highest BCUT2D eigenvalue weighted by Crippen LogP contribution is 2.08. The number of pyridine rings is 1. The molecule has 106 valence electrons. The zero-order chi connectivity index (χ0) is 14.1. The molecule has 1 amide bonds. The van der Waals surface area contributed by atoms with E-state index in [0.717, 1.165) is 25.1 Å². The summed E-state index contributed by atoms with van der Waals surface area (Å²) in [6.07, 6.45) is 3.53. The minimum absolute atomic E-state index is 0.0343. The number of ether oxygens (including phenoxy) is 1. The Morgan fingerprint density at radius 1 is 1.47 bits per heavy atom. The summed E-state index contributed by atoms with van der Waals surface area (Å²) in [7, 11) is 1.64. The van der Waals surface area contributed by atoms with Crippen LogP contribution in [0.15, 0.2) is 18.3 Å². The van der Waals surface area contributed by atoms with Gasteiger partial charge >= 0.3 is 0 Å². The number of aromatic nitrogens is 1. The minimum atomic E-state index is -0.157. The molecule has 0 aromatic carbocycles. The number of amides is 1. The summed E-state index contributed by atoms with van der Waals surface area (Å²) in [5, 5.41) is 6.11. The van der Waals surface area contributed by atoms with Crippen LogP contribution in [0.1, 0.15) is 37.2 Å². The molecule has 0 saturated carbocycles. The number of carbonyl (C=O) groups excluding carboxylic acids is 1. The Balaban J connectivity index is 2.67. The third-order valence-electron chi connectivity index (χ3n) is 2.71. The van der Waals surface area contributed by atoms with Crippen molar-refractivity contribution in [3.05, 3.63) is 24.0 Å². The van der Waals surface area contributed by atoms with Gasteiger partial charge in [0.15, 0.2) is 0 Å². The molecule has 2 N–H and O–H groups in total. The average molecular weight is 265 g/mol. The molecular formula is C14H23N3O2. The van der Waals surface area contributed by atoms with Gasteiger partial charge in [0, 0.05) is 25.5 Å². The summed E-state index contributed by atoms with van der Waals surface area (Å²) < 4.78 is 5.11. The molecule has 5 heteroatoms. The van der Waals surface area contributed by atoms with Crippen LogP contribution in [-0.2, 0) is 4.74 Å². The number of carbonyl (C=O) groups is 1. The van der Waals surface area contributed by atoms with E-state index in [0.29, 0.717) is 12.3 Å². The summed E-state index contributed by atoms with van der Waals surface area (Å²) in [5.41, 5.74) is 1.33. The van der Waals surface area contributed by atoms with E-state index in [-0.39, 0.29) is 11.9 Å². The number of hydrogen-bond acceptors (Lipinski definition) is 4. The predicted molar refractivity (Wildman–Crippen MR) is 76.4 cm³/mol. The molecule has 0 bridgehead atoms. The van der Waals surface area contributed by atoms with E-state index >= 15 is 0 Å². The van der Waals surface area contributed by atoms with E-state index in [9.17, 15) is 4.79 Å². The first-order chi connectivity index (χ1) is 9.21. The first kappa shape index (κ1) is 15.4. The van der Waals surface area contributed by atoms with Gasteiger partial charge < -0.3 is 15.4 Å². The number of rotatable bonds is 8. The summed E-state index contributed by atoms with van der Waals surface area (Å²) in [6, 6.07) is 3.64. The number of methoxy groups -OCH3 is 1. The summed E-state index contributed by atoms with van der Waals surface area (Å²) in [5.74, 6) is -0.157. The third kappa shape index (κ3) is 5.26. The van der Waals surface area contributed by atoms with Crippen molar-refractivity contribution >= 4 is 11.6 Å². The van der Waals surface area contributed by atoms with Crippen LogP contribution in [0.3, 0.4) is 0 Å². The van der Waals surface area contributed by atoms with E-state index in [2.05, 4.69) is 22.5 Å². The van der Waals surface area contributed by atoms with Crippen molar-refractivity contribution in [1.29, 1.82) is 0 Å². The van der Waals surface area contributed by atoms with Crippen molar-refractivity contribution in [3.8, 4) is 0 Å². The third-order valence-corrected chi connectivity index (χ3v) is 2.71. The molecular weight excluding hydrogens is 242 g/mol. The molecule has 0 fully saturated rings. The minimum Gasteiger partial charge on any atom is -0.385 e. The van der Waals surface area contributed by atoms with E-state index in [4.69, 9.17) is 4.74 Å². The molecule has 1 heterocycles. The SMILES string of the molecule is CCCC(COC)NC(=O)c1cc(NCC)ccn1. The van der Waals surface area contributed by atoms with Crippen molar-refractivity contribution in [1.82, 2.24) is 10.3 Å². The largest absolute Gasteiger partial charge is 0.385 e. The molecule has 0 spiro atoms. The second-order valence-electron chi connectivity index (χ2n) is 4.37. The van der Waals surface area contributed by atoms with Crippen molar-refractivity contribution in [2.45, 2.75) is 32.7 Å². The number of nitrogens with zero attached hydrogens (tertiary/aromatic N) is 1. The Kier molecular flexibility index (Phi) is 6.89. The van der Waals surface area contributed by atoms with Crippen molar-refractivity contribution in [2.24, 2.45) is 0 Å². The number of nitrogens with one attached hydrogen (secondary N) is 2. The van der Waals surface area contributed by atoms with E-state index in [1.54, 1.807) is 19.4 Å². The van der Waals surface area contributed by atoms with Gasteiger partial charge in [-0.3, -0.25) is 9.78 Å². The molecule has 1 aromatic heterocycles. The van der Waals surface area contributed by atoms with Crippen LogP contribution in [0.5, 0.6) is 0 Å². The number of anilines is 1. The monoisotopic (exact) mass is 265 g/mol. The quantitative estimate of drug-likeness (QED) is 0.755. The topological polar surface area (TPSA) is 63.2 Å². The van der Waals surface area contributed by atoms with Crippen LogP contribution in [0, 0.1) is 0 Å². The molecule has 0 aliphatic carbocycles. The van der Waals surface area contributed by atoms with Gasteiger partial charge in [0.05, 0.1) is 12.6 Å². The maximum Gasteiger partial charge on any atom is 0.270 e. The van der Waals surface area contributed by atoms with Gasteiger partial charge in [0.2, 0.25) is 0 Å². The summed E-state index contributed by atoms with van der Waals surface area (Å²) in [4.78, 5) is 16.2. The fraction of sp³-hybridized carbons (Fsp3) is 0.571. The first-order valence-electron chi connectivity index (χ1n) is 6.71. The molecule has 19 heavy (non-hydrogen) atoms. The number of hydrogen-bond donors (Lipinski definition) is 2. The van der Waals surface area contributed by atoms with Gasteiger partial charge in [-0.25, -0.2) is 0 Å². The molecule has 1 atom stereocenters. The Hall–Kier alpha value is -1.62. The standard InChI is InChI=1S/C14H23N3O2/c1-4-6-12(10-19-3)17-14(18)13-9-11(15-5-2)7-8-16-13/h7-9,12H,4-6,10H2,1-3H3,(H,15,16)(H,17,18). The van der Waals surface area contributed by atoms with Gasteiger partial charge in [0.1, 0.15) is 5.69 Å². The van der Waals surface area contributed by atoms with Gasteiger partial charge in [-0.2, -0.15) is 0 Å². The molecule has 0 aliphatic heterocycles. The Morgan fingerprint density at radius 3 is 2.89 bits per heavy atom. The second-order valence-corrected chi connectivity index (χ2v) is 4.37. The highest BCUT2D eigenvalue weighted by molar-refractivity contribution is 5.93. The molecule has 1 aromatic rings. The molecule has 5 nitrogen and oxygen atoms in total. The molecule has 0 saturated heterocycles. The van der Waals surface area contributed by atoms with Crippen molar-refractivity contribution in [3.63, 3.8) is 0 Å². The van der Waals surface area contributed by atoms with E-state index in [1.807, 2.05) is 13.0 Å².